The van der Waals surface area contributed by atoms with Crippen LogP contribution in [0.4, 0.5) is 5.13 Å². The van der Waals surface area contributed by atoms with Gasteiger partial charge in [-0.25, -0.2) is 4.98 Å². The predicted molar refractivity (Wildman–Crippen MR) is 115 cm³/mol. The molecule has 2 heterocycles. The molecule has 0 aliphatic heterocycles. The number of thiazole rings is 1. The average molecular weight is 414 g/mol. The highest BCUT2D eigenvalue weighted by Gasteiger charge is 2.11. The van der Waals surface area contributed by atoms with Gasteiger partial charge in [-0.05, 0) is 43.6 Å². The van der Waals surface area contributed by atoms with Gasteiger partial charge in [-0.2, -0.15) is 5.10 Å². The number of rotatable bonds is 8. The third-order valence-corrected chi connectivity index (χ3v) is 5.52. The van der Waals surface area contributed by atoms with E-state index >= 15 is 0 Å². The van der Waals surface area contributed by atoms with Crippen LogP contribution in [0.3, 0.4) is 0 Å². The van der Waals surface area contributed by atoms with E-state index in [9.17, 15) is 4.79 Å². The summed E-state index contributed by atoms with van der Waals surface area (Å²) >= 11 is 6.64. The van der Waals surface area contributed by atoms with E-state index < -0.39 is 0 Å². The van der Waals surface area contributed by atoms with Crippen LogP contribution in [0, 0.1) is 18.6 Å². The lowest BCUT2D eigenvalue weighted by atomic mass is 10.0. The molecule has 0 fully saturated rings. The molecular weight excluding hydrogens is 390 g/mol. The number of nitrogens with one attached hydrogen (secondary N) is 2. The zero-order chi connectivity index (χ0) is 20.1. The van der Waals surface area contributed by atoms with Crippen molar-refractivity contribution in [2.45, 2.75) is 39.7 Å². The fourth-order valence-electron chi connectivity index (χ4n) is 2.97. The minimum Gasteiger partial charge on any atom is -0.302 e. The van der Waals surface area contributed by atoms with Crippen molar-refractivity contribution in [2.75, 3.05) is 5.32 Å². The fourth-order valence-corrected chi connectivity index (χ4v) is 3.92. The zero-order valence-electron chi connectivity index (χ0n) is 16.0. The first-order valence-corrected chi connectivity index (χ1v) is 10.3. The molecule has 3 aromatic rings. The quantitative estimate of drug-likeness (QED) is 0.425. The Bertz CT molecular complexity index is 1050. The van der Waals surface area contributed by atoms with Crippen molar-refractivity contribution in [3.05, 3.63) is 69.2 Å². The molecule has 146 valence electrons. The third-order valence-electron chi connectivity index (χ3n) is 4.41. The number of aromatic amines is 1. The number of allylic oxidation sites excluding steroid dienone is 1. The van der Waals surface area contributed by atoms with Crippen LogP contribution in [0.2, 0.25) is 0 Å². The molecule has 6 nitrogen and oxygen atoms in total. The van der Waals surface area contributed by atoms with Crippen LogP contribution in [0.1, 0.15) is 34.6 Å². The molecule has 0 spiro atoms. The third kappa shape index (κ3) is 5.02. The summed E-state index contributed by atoms with van der Waals surface area (Å²) in [5.41, 5.74) is 4.49. The largest absolute Gasteiger partial charge is 0.302 e. The number of hydrogen-bond donors (Lipinski definition) is 2. The summed E-state index contributed by atoms with van der Waals surface area (Å²) in [5.74, 6) is 0.762. The Morgan fingerprint density at radius 3 is 3.00 bits per heavy atom. The van der Waals surface area contributed by atoms with Crippen LogP contribution < -0.4 is 5.32 Å². The summed E-state index contributed by atoms with van der Waals surface area (Å²) in [5, 5.41) is 12.5. The lowest BCUT2D eigenvalue weighted by Gasteiger charge is -2.06. The highest BCUT2D eigenvalue weighted by atomic mass is 32.1. The summed E-state index contributed by atoms with van der Waals surface area (Å²) in [6.45, 7) is 8.48. The van der Waals surface area contributed by atoms with Gasteiger partial charge in [0, 0.05) is 18.3 Å². The van der Waals surface area contributed by atoms with E-state index in [-0.39, 0.29) is 5.91 Å². The fraction of sp³-hybridized carbons (Fsp3) is 0.300. The molecule has 0 atom stereocenters. The van der Waals surface area contributed by atoms with Crippen LogP contribution in [-0.4, -0.2) is 25.7 Å². The van der Waals surface area contributed by atoms with Crippen molar-refractivity contribution >= 4 is 34.6 Å². The van der Waals surface area contributed by atoms with Gasteiger partial charge in [-0.1, -0.05) is 29.8 Å². The molecule has 8 heteroatoms. The minimum atomic E-state index is -0.0322. The van der Waals surface area contributed by atoms with Crippen molar-refractivity contribution < 1.29 is 4.79 Å². The molecule has 0 unspecified atom stereocenters. The van der Waals surface area contributed by atoms with E-state index in [1.54, 1.807) is 6.08 Å². The Morgan fingerprint density at radius 2 is 2.25 bits per heavy atom. The van der Waals surface area contributed by atoms with Gasteiger partial charge in [-0.15, -0.1) is 17.9 Å². The van der Waals surface area contributed by atoms with Crippen LogP contribution in [0.5, 0.6) is 0 Å². The molecule has 28 heavy (non-hydrogen) atoms. The average Bonchev–Trinajstić information content (AvgIpc) is 3.23. The standard InChI is InChI=1S/C20H23N5OS2/c1-4-9-25-17(23-24-20(25)27)11-16-12-28-19(21-16)22-18(26)8-7-15-6-5-13(2)10-14(15)3/h4-6,10,12H,1,7-9,11H2,2-3H3,(H,24,27)(H,21,22,26). The molecule has 0 saturated carbocycles. The van der Waals surface area contributed by atoms with E-state index in [4.69, 9.17) is 12.2 Å². The number of hydrogen-bond acceptors (Lipinski definition) is 5. The molecular formula is C20H23N5OS2. The number of aromatic nitrogens is 4. The molecule has 0 aliphatic carbocycles. The topological polar surface area (TPSA) is 75.6 Å². The molecule has 3 rings (SSSR count). The number of benzene rings is 1. The number of carbonyl (C=O) groups is 1. The Kier molecular flexibility index (Phi) is 6.53. The molecule has 1 aromatic carbocycles. The summed E-state index contributed by atoms with van der Waals surface area (Å²) in [4.78, 5) is 16.8. The van der Waals surface area contributed by atoms with E-state index in [0.717, 1.165) is 11.5 Å². The Hall–Kier alpha value is -2.58. The van der Waals surface area contributed by atoms with Crippen molar-refractivity contribution in [1.82, 2.24) is 19.7 Å². The Labute approximate surface area is 173 Å². The van der Waals surface area contributed by atoms with Gasteiger partial charge in [0.05, 0.1) is 12.1 Å². The maximum absolute atomic E-state index is 12.3. The second-order valence-corrected chi connectivity index (χ2v) is 7.89. The van der Waals surface area contributed by atoms with Gasteiger partial charge in [0.15, 0.2) is 9.90 Å². The number of carbonyl (C=O) groups excluding carboxylic acids is 1. The van der Waals surface area contributed by atoms with Crippen LogP contribution >= 0.6 is 23.6 Å². The lowest BCUT2D eigenvalue weighted by Crippen LogP contribution is -2.12. The monoisotopic (exact) mass is 413 g/mol. The number of aryl methyl sites for hydroxylation is 3. The SMILES string of the molecule is C=CCn1c(Cc2csc(NC(=O)CCc3ccc(C)cc3C)n2)n[nH]c1=S. The minimum absolute atomic E-state index is 0.0322. The van der Waals surface area contributed by atoms with Crippen molar-refractivity contribution in [3.8, 4) is 0 Å². The zero-order valence-corrected chi connectivity index (χ0v) is 17.6. The molecule has 0 aliphatic rings. The Morgan fingerprint density at radius 1 is 1.43 bits per heavy atom. The second-order valence-electron chi connectivity index (χ2n) is 6.64. The van der Waals surface area contributed by atoms with E-state index in [0.29, 0.717) is 35.7 Å². The normalized spacial score (nSPS) is 10.8. The van der Waals surface area contributed by atoms with E-state index in [2.05, 4.69) is 59.1 Å². The first-order valence-electron chi connectivity index (χ1n) is 9.01. The second kappa shape index (κ2) is 9.07. The van der Waals surface area contributed by atoms with Crippen LogP contribution in [0.25, 0.3) is 0 Å². The van der Waals surface area contributed by atoms with E-state index in [1.165, 1.54) is 28.0 Å². The first kappa shape index (κ1) is 20.2. The summed E-state index contributed by atoms with van der Waals surface area (Å²) < 4.78 is 2.44. The van der Waals surface area contributed by atoms with Gasteiger partial charge in [0.2, 0.25) is 5.91 Å². The molecule has 2 N–H and O–H groups in total. The van der Waals surface area contributed by atoms with Gasteiger partial charge in [0.25, 0.3) is 0 Å². The van der Waals surface area contributed by atoms with Gasteiger partial charge in [0.1, 0.15) is 5.82 Å². The van der Waals surface area contributed by atoms with Gasteiger partial charge >= 0.3 is 0 Å². The molecule has 0 saturated heterocycles. The van der Waals surface area contributed by atoms with Crippen LogP contribution in [-0.2, 0) is 24.2 Å². The summed E-state index contributed by atoms with van der Waals surface area (Å²) in [6.07, 6.45) is 3.45. The molecule has 2 aromatic heterocycles. The molecule has 0 radical (unpaired) electrons. The number of amides is 1. The molecule has 1 amide bonds. The van der Waals surface area contributed by atoms with Gasteiger partial charge in [-0.3, -0.25) is 14.5 Å². The first-order chi connectivity index (χ1) is 13.5. The Balaban J connectivity index is 1.57. The van der Waals surface area contributed by atoms with Crippen molar-refractivity contribution in [2.24, 2.45) is 0 Å². The van der Waals surface area contributed by atoms with Crippen LogP contribution in [0.15, 0.2) is 36.2 Å². The smallest absolute Gasteiger partial charge is 0.226 e. The van der Waals surface area contributed by atoms with E-state index in [1.807, 2.05) is 9.95 Å². The molecule has 0 bridgehead atoms. The maximum Gasteiger partial charge on any atom is 0.226 e. The number of anilines is 1. The highest BCUT2D eigenvalue weighted by molar-refractivity contribution is 7.71. The predicted octanol–water partition coefficient (Wildman–Crippen LogP) is 4.36. The van der Waals surface area contributed by atoms with Crippen molar-refractivity contribution in [1.29, 1.82) is 0 Å². The number of nitrogens with zero attached hydrogens (tertiary/aromatic N) is 3. The van der Waals surface area contributed by atoms with Crippen molar-refractivity contribution in [3.63, 3.8) is 0 Å². The highest BCUT2D eigenvalue weighted by Crippen LogP contribution is 2.19. The lowest BCUT2D eigenvalue weighted by molar-refractivity contribution is -0.116. The van der Waals surface area contributed by atoms with Gasteiger partial charge < -0.3 is 5.32 Å². The summed E-state index contributed by atoms with van der Waals surface area (Å²) in [7, 11) is 0. The number of H-pyrrole nitrogens is 1. The maximum atomic E-state index is 12.3. The summed E-state index contributed by atoms with van der Waals surface area (Å²) in [6, 6.07) is 6.31.